The Morgan fingerprint density at radius 2 is 2.19 bits per heavy atom. The van der Waals surface area contributed by atoms with Gasteiger partial charge in [-0.1, -0.05) is 23.9 Å². The molecule has 9 nitrogen and oxygen atoms in total. The summed E-state index contributed by atoms with van der Waals surface area (Å²) in [4.78, 5) is 13.4. The van der Waals surface area contributed by atoms with E-state index in [0.29, 0.717) is 17.4 Å². The molecule has 4 rings (SSSR count). The van der Waals surface area contributed by atoms with Crippen molar-refractivity contribution >= 4 is 44.7 Å². The third-order valence-corrected chi connectivity index (χ3v) is 7.39. The second-order valence-electron chi connectivity index (χ2n) is 6.94. The van der Waals surface area contributed by atoms with Crippen molar-refractivity contribution in [1.29, 1.82) is 0 Å². The van der Waals surface area contributed by atoms with Gasteiger partial charge in [-0.05, 0) is 42.5 Å². The third-order valence-electron chi connectivity index (χ3n) is 4.65. The molecular formula is C19H21N5O4S3. The normalized spacial score (nSPS) is 16.5. The summed E-state index contributed by atoms with van der Waals surface area (Å²) in [5, 5.41) is 19.1. The number of hydrogen-bond donors (Lipinski definition) is 2. The number of benzene rings is 1. The van der Waals surface area contributed by atoms with E-state index in [1.807, 2.05) is 22.1 Å². The number of thioether (sulfide) groups is 1. The van der Waals surface area contributed by atoms with Gasteiger partial charge < -0.3 is 10.1 Å². The van der Waals surface area contributed by atoms with Crippen LogP contribution in [-0.4, -0.2) is 47.6 Å². The van der Waals surface area contributed by atoms with E-state index in [-0.39, 0.29) is 22.7 Å². The molecule has 1 atom stereocenters. The molecule has 0 radical (unpaired) electrons. The highest BCUT2D eigenvalue weighted by molar-refractivity contribution is 7.99. The molecular weight excluding hydrogens is 458 g/mol. The van der Waals surface area contributed by atoms with Crippen LogP contribution in [0.2, 0.25) is 0 Å². The maximum atomic E-state index is 12.4. The number of sulfonamides is 1. The van der Waals surface area contributed by atoms with Crippen LogP contribution in [0.15, 0.2) is 51.8 Å². The first kappa shape index (κ1) is 22.0. The first-order chi connectivity index (χ1) is 14.9. The molecule has 164 valence electrons. The van der Waals surface area contributed by atoms with Crippen LogP contribution in [0.25, 0.3) is 10.7 Å². The fourth-order valence-corrected chi connectivity index (χ4v) is 5.24. The number of carbonyl (C=O) groups is 1. The van der Waals surface area contributed by atoms with E-state index < -0.39 is 10.0 Å². The Labute approximate surface area is 188 Å². The highest BCUT2D eigenvalue weighted by Crippen LogP contribution is 2.29. The van der Waals surface area contributed by atoms with Crippen LogP contribution in [0, 0.1) is 0 Å². The second-order valence-corrected chi connectivity index (χ2v) is 10.4. The monoisotopic (exact) mass is 479 g/mol. The van der Waals surface area contributed by atoms with Crippen LogP contribution < -0.4 is 10.5 Å². The minimum absolute atomic E-state index is 0.0603. The average molecular weight is 480 g/mol. The minimum Gasteiger partial charge on any atom is -0.376 e. The molecule has 0 spiro atoms. The van der Waals surface area contributed by atoms with Gasteiger partial charge in [-0.2, -0.15) is 0 Å². The molecule has 3 aromatic rings. The Kier molecular flexibility index (Phi) is 6.72. The fourth-order valence-electron chi connectivity index (χ4n) is 3.22. The largest absolute Gasteiger partial charge is 0.376 e. The summed E-state index contributed by atoms with van der Waals surface area (Å²) in [5.74, 6) is 0.559. The molecule has 3 N–H and O–H groups in total. The zero-order valence-electron chi connectivity index (χ0n) is 16.4. The number of carbonyl (C=O) groups excluding carboxylic acids is 1. The van der Waals surface area contributed by atoms with Gasteiger partial charge in [0.1, 0.15) is 0 Å². The smallest absolute Gasteiger partial charge is 0.238 e. The SMILES string of the molecule is NS(=O)(=O)c1cccc(NC(=O)CSc2nnc(-c3cccs3)n2CC2CCCO2)c1. The van der Waals surface area contributed by atoms with Crippen molar-refractivity contribution in [3.8, 4) is 10.7 Å². The lowest BCUT2D eigenvalue weighted by Crippen LogP contribution is -2.18. The van der Waals surface area contributed by atoms with Crippen LogP contribution in [0.5, 0.6) is 0 Å². The molecule has 0 saturated carbocycles. The summed E-state index contributed by atoms with van der Waals surface area (Å²) < 4.78 is 30.8. The predicted octanol–water partition coefficient (Wildman–Crippen LogP) is 2.56. The van der Waals surface area contributed by atoms with E-state index in [0.717, 1.165) is 30.2 Å². The van der Waals surface area contributed by atoms with Crippen molar-refractivity contribution in [2.75, 3.05) is 17.7 Å². The van der Waals surface area contributed by atoms with Crippen molar-refractivity contribution in [1.82, 2.24) is 14.8 Å². The van der Waals surface area contributed by atoms with Crippen LogP contribution in [-0.2, 0) is 26.1 Å². The number of anilines is 1. The molecule has 1 aliphatic rings. The van der Waals surface area contributed by atoms with Crippen molar-refractivity contribution in [3.63, 3.8) is 0 Å². The van der Waals surface area contributed by atoms with Crippen molar-refractivity contribution in [2.45, 2.75) is 35.5 Å². The topological polar surface area (TPSA) is 129 Å². The van der Waals surface area contributed by atoms with Crippen LogP contribution in [0.1, 0.15) is 12.8 Å². The number of thiophene rings is 1. The Bertz CT molecular complexity index is 1160. The number of amides is 1. The fraction of sp³-hybridized carbons (Fsp3) is 0.316. The van der Waals surface area contributed by atoms with Crippen LogP contribution in [0.4, 0.5) is 5.69 Å². The molecule has 1 aliphatic heterocycles. The number of nitrogens with two attached hydrogens (primary N) is 1. The summed E-state index contributed by atoms with van der Waals surface area (Å²) >= 11 is 2.85. The lowest BCUT2D eigenvalue weighted by atomic mass is 10.2. The Morgan fingerprint density at radius 1 is 1.32 bits per heavy atom. The van der Waals surface area contributed by atoms with Gasteiger partial charge in [0.05, 0.1) is 28.2 Å². The van der Waals surface area contributed by atoms with Gasteiger partial charge in [-0.25, -0.2) is 13.6 Å². The third kappa shape index (κ3) is 5.52. The number of nitrogens with one attached hydrogen (secondary N) is 1. The first-order valence-electron chi connectivity index (χ1n) is 9.54. The zero-order chi connectivity index (χ0) is 21.8. The molecule has 12 heteroatoms. The van der Waals surface area contributed by atoms with Gasteiger partial charge in [-0.3, -0.25) is 9.36 Å². The van der Waals surface area contributed by atoms with E-state index in [2.05, 4.69) is 15.5 Å². The van der Waals surface area contributed by atoms with Crippen molar-refractivity contribution in [3.05, 3.63) is 41.8 Å². The van der Waals surface area contributed by atoms with E-state index in [9.17, 15) is 13.2 Å². The number of rotatable bonds is 8. The van der Waals surface area contributed by atoms with E-state index in [1.165, 1.54) is 30.0 Å². The molecule has 1 aromatic carbocycles. The quantitative estimate of drug-likeness (QED) is 0.475. The highest BCUT2D eigenvalue weighted by Gasteiger charge is 2.22. The molecule has 2 aromatic heterocycles. The maximum absolute atomic E-state index is 12.4. The molecule has 1 saturated heterocycles. The van der Waals surface area contributed by atoms with Crippen LogP contribution >= 0.6 is 23.1 Å². The standard InChI is InChI=1S/C19H21N5O4S3/c20-31(26,27)15-6-1-4-13(10-15)21-17(25)12-30-19-23-22-18(16-7-3-9-29-16)24(19)11-14-5-2-8-28-14/h1,3-4,6-7,9-10,14H,2,5,8,11-12H2,(H,21,25)(H2,20,26,27). The summed E-state index contributed by atoms with van der Waals surface area (Å²) in [7, 11) is -3.84. The lowest BCUT2D eigenvalue weighted by molar-refractivity contribution is -0.113. The highest BCUT2D eigenvalue weighted by atomic mass is 32.2. The molecule has 0 bridgehead atoms. The van der Waals surface area contributed by atoms with E-state index in [4.69, 9.17) is 9.88 Å². The molecule has 1 amide bonds. The van der Waals surface area contributed by atoms with E-state index >= 15 is 0 Å². The second kappa shape index (κ2) is 9.49. The molecule has 3 heterocycles. The Balaban J connectivity index is 1.46. The summed E-state index contributed by atoms with van der Waals surface area (Å²) in [6.07, 6.45) is 2.11. The summed E-state index contributed by atoms with van der Waals surface area (Å²) in [6.45, 7) is 1.38. The minimum atomic E-state index is -3.84. The summed E-state index contributed by atoms with van der Waals surface area (Å²) in [5.41, 5.74) is 0.359. The van der Waals surface area contributed by atoms with Crippen molar-refractivity contribution < 1.29 is 17.9 Å². The molecule has 1 unspecified atom stereocenters. The average Bonchev–Trinajstić information content (AvgIpc) is 3.49. The van der Waals surface area contributed by atoms with Gasteiger partial charge in [0.25, 0.3) is 0 Å². The van der Waals surface area contributed by atoms with Gasteiger partial charge in [0.15, 0.2) is 11.0 Å². The van der Waals surface area contributed by atoms with Gasteiger partial charge in [-0.15, -0.1) is 21.5 Å². The van der Waals surface area contributed by atoms with Gasteiger partial charge in [0, 0.05) is 12.3 Å². The van der Waals surface area contributed by atoms with E-state index in [1.54, 1.807) is 17.4 Å². The predicted molar refractivity (Wildman–Crippen MR) is 119 cm³/mol. The summed E-state index contributed by atoms with van der Waals surface area (Å²) in [6, 6.07) is 9.77. The van der Waals surface area contributed by atoms with Crippen LogP contribution in [0.3, 0.4) is 0 Å². The maximum Gasteiger partial charge on any atom is 0.238 e. The van der Waals surface area contributed by atoms with Crippen molar-refractivity contribution in [2.24, 2.45) is 5.14 Å². The number of hydrogen-bond acceptors (Lipinski definition) is 8. The molecule has 0 aliphatic carbocycles. The first-order valence-corrected chi connectivity index (χ1v) is 13.0. The Hall–Kier alpha value is -2.25. The lowest BCUT2D eigenvalue weighted by Gasteiger charge is -2.14. The zero-order valence-corrected chi connectivity index (χ0v) is 18.9. The van der Waals surface area contributed by atoms with Gasteiger partial charge in [0.2, 0.25) is 15.9 Å². The number of primary sulfonamides is 1. The number of nitrogens with zero attached hydrogens (tertiary/aromatic N) is 3. The molecule has 31 heavy (non-hydrogen) atoms. The van der Waals surface area contributed by atoms with Gasteiger partial charge >= 0.3 is 0 Å². The number of ether oxygens (including phenoxy) is 1. The number of aromatic nitrogens is 3. The molecule has 1 fully saturated rings. The Morgan fingerprint density at radius 3 is 2.90 bits per heavy atom.